The van der Waals surface area contributed by atoms with E-state index in [2.05, 4.69) is 47.2 Å². The van der Waals surface area contributed by atoms with Crippen LogP contribution in [0.5, 0.6) is 5.75 Å². The third-order valence-electron chi connectivity index (χ3n) is 10.0. The summed E-state index contributed by atoms with van der Waals surface area (Å²) in [5.41, 5.74) is 2.45. The minimum atomic E-state index is -4.25. The van der Waals surface area contributed by atoms with Crippen molar-refractivity contribution < 1.29 is 27.5 Å². The molecule has 2 N–H and O–H groups in total. The summed E-state index contributed by atoms with van der Waals surface area (Å²) in [7, 11) is -0.968. The van der Waals surface area contributed by atoms with Crippen LogP contribution in [0.2, 0.25) is 5.02 Å². The molecule has 0 aromatic heterocycles. The van der Waals surface area contributed by atoms with E-state index in [-0.39, 0.29) is 22.1 Å². The van der Waals surface area contributed by atoms with Gasteiger partial charge in [0.2, 0.25) is 0 Å². The number of hydrogen-bond acceptors (Lipinski definition) is 8. The molecule has 2 aromatic carbocycles. The minimum Gasteiger partial charge on any atom is -0.490 e. The highest BCUT2D eigenvalue weighted by Crippen LogP contribution is 2.50. The molecular weight excluding hydrogens is 652 g/mol. The van der Waals surface area contributed by atoms with Crippen LogP contribution in [0.15, 0.2) is 60.5 Å². The highest BCUT2D eigenvalue weighted by Gasteiger charge is 2.46. The molecule has 5 rings (SSSR count). The number of fused-ring (bicyclic) bond motifs is 4. The van der Waals surface area contributed by atoms with Crippen LogP contribution in [-0.4, -0.2) is 77.3 Å². The molecule has 0 saturated heterocycles. The number of aryl methyl sites for hydroxylation is 1. The number of benzene rings is 2. The number of sulfonamides is 1. The fourth-order valence-electron chi connectivity index (χ4n) is 7.29. The standard InChI is InChI=1S/C36H47ClN4O6S/c1-8-16-38-35(4,5)33(42)39-48(44,45)24-13-14-32-30(18-24)41-20-27(25(9-2)31(10-3)47-34(43)40(6)7)26-19-28-23(17-29(26)37)12-11-15-36(28,21-41)22-46-32/h8,10,13-14,17-19,25,27,31,38H,1,3,9,11-12,15-16,20-22H2,2,4-7H3,(H,39,42)/t25-,27+,31-,36+/m1/s1. The van der Waals surface area contributed by atoms with Crippen molar-refractivity contribution in [1.82, 2.24) is 14.9 Å². The summed E-state index contributed by atoms with van der Waals surface area (Å²) in [6.07, 6.45) is 5.64. The maximum Gasteiger partial charge on any atom is 0.409 e. The van der Waals surface area contributed by atoms with Crippen LogP contribution in [0.1, 0.15) is 62.6 Å². The van der Waals surface area contributed by atoms with Crippen molar-refractivity contribution in [2.24, 2.45) is 5.92 Å². The van der Waals surface area contributed by atoms with E-state index in [1.165, 1.54) is 22.1 Å². The summed E-state index contributed by atoms with van der Waals surface area (Å²) < 4.78 is 42.0. The number of carbonyl (C=O) groups is 2. The zero-order valence-electron chi connectivity index (χ0n) is 28.5. The Labute approximate surface area is 289 Å². The van der Waals surface area contributed by atoms with E-state index in [0.717, 1.165) is 24.8 Å². The largest absolute Gasteiger partial charge is 0.490 e. The molecule has 0 radical (unpaired) electrons. The van der Waals surface area contributed by atoms with Gasteiger partial charge in [0, 0.05) is 56.0 Å². The SMILES string of the molecule is C=CCNC(C)(C)C(=O)NS(=O)(=O)c1ccc2c(c1)N1C[C@@H]([C@@H](CC)[C@@H](C=C)OC(=O)N(C)C)c3cc4c(cc3Cl)CCC[C@@]4(CO2)C1. The Bertz CT molecular complexity index is 1710. The van der Waals surface area contributed by atoms with Gasteiger partial charge in [-0.1, -0.05) is 43.3 Å². The quantitative estimate of drug-likeness (QED) is 0.294. The number of ether oxygens (including phenoxy) is 2. The highest BCUT2D eigenvalue weighted by atomic mass is 35.5. The van der Waals surface area contributed by atoms with Crippen LogP contribution >= 0.6 is 11.6 Å². The van der Waals surface area contributed by atoms with Gasteiger partial charge in [0.15, 0.2) is 0 Å². The molecule has 12 heteroatoms. The first-order valence-corrected chi connectivity index (χ1v) is 18.3. The van der Waals surface area contributed by atoms with Crippen LogP contribution < -0.4 is 19.7 Å². The van der Waals surface area contributed by atoms with E-state index in [4.69, 9.17) is 21.1 Å². The van der Waals surface area contributed by atoms with E-state index in [0.29, 0.717) is 49.1 Å². The Kier molecular flexibility index (Phi) is 10.3. The fourth-order valence-corrected chi connectivity index (χ4v) is 8.74. The average Bonchev–Trinajstić information content (AvgIpc) is 3.19. The van der Waals surface area contributed by atoms with Crippen LogP contribution in [0.3, 0.4) is 0 Å². The lowest BCUT2D eigenvalue weighted by Crippen LogP contribution is -2.53. The highest BCUT2D eigenvalue weighted by molar-refractivity contribution is 7.90. The number of halogens is 1. The van der Waals surface area contributed by atoms with Crippen molar-refractivity contribution in [3.8, 4) is 5.75 Å². The molecule has 260 valence electrons. The van der Waals surface area contributed by atoms with Crippen molar-refractivity contribution in [2.45, 2.75) is 74.3 Å². The molecular formula is C36H47ClN4O6S. The Morgan fingerprint density at radius 1 is 1.25 bits per heavy atom. The number of hydrogen-bond donors (Lipinski definition) is 2. The van der Waals surface area contributed by atoms with Gasteiger partial charge in [-0.15, -0.1) is 6.58 Å². The molecule has 0 fully saturated rings. The smallest absolute Gasteiger partial charge is 0.409 e. The van der Waals surface area contributed by atoms with E-state index < -0.39 is 33.7 Å². The summed E-state index contributed by atoms with van der Waals surface area (Å²) in [4.78, 5) is 29.3. The molecule has 3 aliphatic rings. The number of carbonyl (C=O) groups excluding carboxylic acids is 2. The molecule has 1 aliphatic carbocycles. The van der Waals surface area contributed by atoms with Crippen LogP contribution in [0.4, 0.5) is 10.5 Å². The molecule has 1 spiro atoms. The predicted molar refractivity (Wildman–Crippen MR) is 189 cm³/mol. The maximum absolute atomic E-state index is 13.7. The van der Waals surface area contributed by atoms with Crippen molar-refractivity contribution in [3.05, 3.63) is 77.4 Å². The topological polar surface area (TPSA) is 117 Å². The van der Waals surface area contributed by atoms with Gasteiger partial charge in [0.05, 0.1) is 22.7 Å². The van der Waals surface area contributed by atoms with Gasteiger partial charge < -0.3 is 24.6 Å². The summed E-state index contributed by atoms with van der Waals surface area (Å²) in [6, 6.07) is 9.06. The van der Waals surface area contributed by atoms with Crippen molar-refractivity contribution in [2.75, 3.05) is 45.2 Å². The fraction of sp³-hybridized carbons (Fsp3) is 0.500. The second kappa shape index (κ2) is 13.8. The monoisotopic (exact) mass is 698 g/mol. The van der Waals surface area contributed by atoms with E-state index in [9.17, 15) is 18.0 Å². The first-order valence-electron chi connectivity index (χ1n) is 16.4. The van der Waals surface area contributed by atoms with E-state index in [1.54, 1.807) is 52.2 Å². The second-order valence-corrected chi connectivity index (χ2v) is 15.9. The summed E-state index contributed by atoms with van der Waals surface area (Å²) in [5, 5.41) is 3.64. The summed E-state index contributed by atoms with van der Waals surface area (Å²) >= 11 is 7.09. The number of anilines is 1. The van der Waals surface area contributed by atoms with Gasteiger partial charge in [-0.05, 0) is 80.5 Å². The third-order valence-corrected chi connectivity index (χ3v) is 11.7. The second-order valence-electron chi connectivity index (χ2n) is 13.8. The number of nitrogens with zero attached hydrogens (tertiary/aromatic N) is 2. The lowest BCUT2D eigenvalue weighted by Gasteiger charge is -2.45. The first-order chi connectivity index (χ1) is 22.7. The molecule has 2 heterocycles. The molecule has 4 atom stereocenters. The van der Waals surface area contributed by atoms with Crippen LogP contribution in [0, 0.1) is 5.92 Å². The Morgan fingerprint density at radius 2 is 2.00 bits per heavy atom. The van der Waals surface area contributed by atoms with Crippen LogP contribution in [0.25, 0.3) is 0 Å². The van der Waals surface area contributed by atoms with Crippen LogP contribution in [-0.2, 0) is 31.4 Å². The Morgan fingerprint density at radius 3 is 2.67 bits per heavy atom. The lowest BCUT2D eigenvalue weighted by molar-refractivity contribution is -0.124. The summed E-state index contributed by atoms with van der Waals surface area (Å²) in [5.74, 6) is -0.530. The average molecular weight is 699 g/mol. The zero-order valence-corrected chi connectivity index (χ0v) is 30.0. The zero-order chi connectivity index (χ0) is 35.0. The maximum atomic E-state index is 13.7. The van der Waals surface area contributed by atoms with Gasteiger partial charge in [0.25, 0.3) is 15.9 Å². The van der Waals surface area contributed by atoms with E-state index >= 15 is 0 Å². The number of nitrogens with one attached hydrogen (secondary N) is 2. The van der Waals surface area contributed by atoms with Gasteiger partial charge in [-0.3, -0.25) is 4.79 Å². The predicted octanol–water partition coefficient (Wildman–Crippen LogP) is 5.55. The third kappa shape index (κ3) is 6.82. The normalized spacial score (nSPS) is 21.2. The molecule has 2 aromatic rings. The number of amides is 2. The molecule has 2 amide bonds. The summed E-state index contributed by atoms with van der Waals surface area (Å²) in [6.45, 7) is 14.7. The van der Waals surface area contributed by atoms with Gasteiger partial charge >= 0.3 is 6.09 Å². The van der Waals surface area contributed by atoms with Crippen molar-refractivity contribution in [3.63, 3.8) is 0 Å². The van der Waals surface area contributed by atoms with Gasteiger partial charge in [-0.25, -0.2) is 17.9 Å². The Hall–Kier alpha value is -3.54. The number of rotatable bonds is 11. The molecule has 48 heavy (non-hydrogen) atoms. The van der Waals surface area contributed by atoms with Crippen molar-refractivity contribution >= 4 is 39.3 Å². The van der Waals surface area contributed by atoms with Crippen molar-refractivity contribution in [1.29, 1.82) is 0 Å². The molecule has 10 nitrogen and oxygen atoms in total. The minimum absolute atomic E-state index is 0.0518. The van der Waals surface area contributed by atoms with Gasteiger partial charge in [-0.2, -0.15) is 0 Å². The lowest BCUT2D eigenvalue weighted by atomic mass is 9.67. The molecule has 2 aliphatic heterocycles. The molecule has 0 unspecified atom stereocenters. The first kappa shape index (κ1) is 35.8. The molecule has 4 bridgehead atoms. The Balaban J connectivity index is 1.60. The molecule has 0 saturated carbocycles. The van der Waals surface area contributed by atoms with E-state index in [1.807, 2.05) is 0 Å². The van der Waals surface area contributed by atoms with Gasteiger partial charge in [0.1, 0.15) is 11.9 Å².